The predicted molar refractivity (Wildman–Crippen MR) is 237 cm³/mol. The van der Waals surface area contributed by atoms with Crippen LogP contribution in [0.15, 0.2) is 197 Å². The summed E-state index contributed by atoms with van der Waals surface area (Å²) in [5.74, 6) is 1.81. The van der Waals surface area contributed by atoms with Gasteiger partial charge in [-0.05, 0) is 74.6 Å². The van der Waals surface area contributed by atoms with Crippen LogP contribution in [-0.2, 0) is 0 Å². The van der Waals surface area contributed by atoms with Crippen molar-refractivity contribution in [1.82, 2.24) is 15.0 Å². The second kappa shape index (κ2) is 12.8. The van der Waals surface area contributed by atoms with Crippen molar-refractivity contribution in [3.8, 4) is 56.4 Å². The minimum absolute atomic E-state index is 0.581. The first kappa shape index (κ1) is 32.4. The van der Waals surface area contributed by atoms with Gasteiger partial charge in [0.15, 0.2) is 17.5 Å². The Morgan fingerprint density at radius 2 is 0.914 bits per heavy atom. The summed E-state index contributed by atoms with van der Waals surface area (Å²) in [5.41, 5.74) is 10.3. The zero-order valence-electron chi connectivity index (χ0n) is 31.1. The lowest BCUT2D eigenvalue weighted by atomic mass is 9.93. The molecule has 12 rings (SSSR count). The lowest BCUT2D eigenvalue weighted by Crippen LogP contribution is -2.00. The number of benzene rings is 9. The van der Waals surface area contributed by atoms with Gasteiger partial charge in [-0.25, -0.2) is 15.0 Å². The molecule has 270 valence electrons. The second-order valence-corrected chi connectivity index (χ2v) is 14.7. The number of furan rings is 2. The highest BCUT2D eigenvalue weighted by molar-refractivity contribution is 6.20. The molecule has 12 aromatic rings. The van der Waals surface area contributed by atoms with Crippen LogP contribution in [0.25, 0.3) is 122 Å². The zero-order valence-corrected chi connectivity index (χ0v) is 31.1. The Balaban J connectivity index is 1.10. The van der Waals surface area contributed by atoms with E-state index in [0.717, 1.165) is 99.0 Å². The fraction of sp³-hybridized carbons (Fsp3) is 0. The minimum Gasteiger partial charge on any atom is -0.456 e. The molecule has 58 heavy (non-hydrogen) atoms. The molecule has 0 N–H and O–H groups in total. The van der Waals surface area contributed by atoms with Gasteiger partial charge in [0.05, 0.1) is 0 Å². The van der Waals surface area contributed by atoms with E-state index in [1.54, 1.807) is 0 Å². The highest BCUT2D eigenvalue weighted by atomic mass is 16.3. The smallest absolute Gasteiger partial charge is 0.164 e. The van der Waals surface area contributed by atoms with Gasteiger partial charge in [-0.3, -0.25) is 0 Å². The van der Waals surface area contributed by atoms with E-state index in [4.69, 9.17) is 23.8 Å². The van der Waals surface area contributed by atoms with E-state index in [1.807, 2.05) is 48.5 Å². The molecular formula is C53H31N3O2. The molecule has 0 amide bonds. The molecule has 3 aromatic heterocycles. The third-order valence-electron chi connectivity index (χ3n) is 11.3. The Morgan fingerprint density at radius 3 is 1.74 bits per heavy atom. The predicted octanol–water partition coefficient (Wildman–Crippen LogP) is 14.3. The summed E-state index contributed by atoms with van der Waals surface area (Å²) < 4.78 is 13.4. The number of hydrogen-bond acceptors (Lipinski definition) is 5. The number of aromatic nitrogens is 3. The zero-order chi connectivity index (χ0) is 38.2. The molecule has 0 atom stereocenters. The van der Waals surface area contributed by atoms with Gasteiger partial charge < -0.3 is 8.83 Å². The molecule has 0 fully saturated rings. The molecule has 3 heterocycles. The summed E-state index contributed by atoms with van der Waals surface area (Å²) in [7, 11) is 0. The van der Waals surface area contributed by atoms with Crippen LogP contribution in [-0.4, -0.2) is 15.0 Å². The Labute approximate surface area is 332 Å². The maximum Gasteiger partial charge on any atom is 0.164 e. The normalized spacial score (nSPS) is 11.8. The Morgan fingerprint density at radius 1 is 0.293 bits per heavy atom. The standard InChI is InChI=1S/C53H31N3O2/c1-3-13-33(14-4-1)40-27-26-39(49-44-29-35-18-7-8-19-36(35)31-47(44)58-50(40)49)37-25-28-45-43(30-37)48-42(23-12-24-46(48)57-45)53-55-51(34-16-5-2-6-17-34)54-52(56-53)41-22-11-20-32-15-9-10-21-38(32)41/h1-31H. The number of fused-ring (bicyclic) bond motifs is 8. The molecule has 5 heteroatoms. The molecule has 5 nitrogen and oxygen atoms in total. The van der Waals surface area contributed by atoms with Crippen molar-refractivity contribution in [2.24, 2.45) is 0 Å². The van der Waals surface area contributed by atoms with Crippen molar-refractivity contribution in [1.29, 1.82) is 0 Å². The van der Waals surface area contributed by atoms with E-state index in [2.05, 4.69) is 140 Å². The van der Waals surface area contributed by atoms with E-state index in [9.17, 15) is 0 Å². The van der Waals surface area contributed by atoms with Crippen molar-refractivity contribution >= 4 is 65.4 Å². The summed E-state index contributed by atoms with van der Waals surface area (Å²) >= 11 is 0. The second-order valence-electron chi connectivity index (χ2n) is 14.7. The van der Waals surface area contributed by atoms with Crippen LogP contribution in [0.2, 0.25) is 0 Å². The number of nitrogens with zero attached hydrogens (tertiary/aromatic N) is 3. The number of hydrogen-bond donors (Lipinski definition) is 0. The fourth-order valence-electron chi connectivity index (χ4n) is 8.59. The lowest BCUT2D eigenvalue weighted by molar-refractivity contribution is 0.669. The third kappa shape index (κ3) is 5.14. The molecule has 0 saturated carbocycles. The first-order valence-corrected chi connectivity index (χ1v) is 19.4. The van der Waals surface area contributed by atoms with Crippen LogP contribution >= 0.6 is 0 Å². The Kier molecular flexibility index (Phi) is 7.16. The SMILES string of the molecule is c1ccc(-c2nc(-c3cccc4ccccc34)nc(-c3cccc4oc5ccc(-c6ccc(-c7ccccc7)c7oc8cc9ccccc9cc8c67)cc5c34)n2)cc1. The van der Waals surface area contributed by atoms with Gasteiger partial charge >= 0.3 is 0 Å². The van der Waals surface area contributed by atoms with Gasteiger partial charge in [0.25, 0.3) is 0 Å². The summed E-state index contributed by atoms with van der Waals surface area (Å²) in [4.78, 5) is 15.4. The van der Waals surface area contributed by atoms with E-state index in [0.29, 0.717) is 17.5 Å². The third-order valence-corrected chi connectivity index (χ3v) is 11.3. The van der Waals surface area contributed by atoms with Gasteiger partial charge in [-0.1, -0.05) is 152 Å². The molecule has 0 aliphatic rings. The van der Waals surface area contributed by atoms with E-state index >= 15 is 0 Å². The van der Waals surface area contributed by atoms with Crippen molar-refractivity contribution in [2.45, 2.75) is 0 Å². The molecular weight excluding hydrogens is 711 g/mol. The molecule has 9 aromatic carbocycles. The summed E-state index contributed by atoms with van der Waals surface area (Å²) in [6, 6.07) is 65.1. The fourth-order valence-corrected chi connectivity index (χ4v) is 8.59. The monoisotopic (exact) mass is 741 g/mol. The van der Waals surface area contributed by atoms with Crippen LogP contribution in [0.5, 0.6) is 0 Å². The molecule has 0 radical (unpaired) electrons. The topological polar surface area (TPSA) is 65.0 Å². The van der Waals surface area contributed by atoms with Crippen LogP contribution in [0.4, 0.5) is 0 Å². The maximum atomic E-state index is 6.81. The van der Waals surface area contributed by atoms with Crippen LogP contribution in [0, 0.1) is 0 Å². The van der Waals surface area contributed by atoms with Crippen molar-refractivity contribution in [3.63, 3.8) is 0 Å². The highest BCUT2D eigenvalue weighted by Gasteiger charge is 2.22. The van der Waals surface area contributed by atoms with Crippen molar-refractivity contribution < 1.29 is 8.83 Å². The Bertz CT molecular complexity index is 3560. The Hall–Kier alpha value is -7.89. The van der Waals surface area contributed by atoms with Crippen molar-refractivity contribution in [3.05, 3.63) is 188 Å². The quantitative estimate of drug-likeness (QED) is 0.176. The number of rotatable bonds is 5. The van der Waals surface area contributed by atoms with E-state index in [-0.39, 0.29) is 0 Å². The molecule has 0 bridgehead atoms. The van der Waals surface area contributed by atoms with Gasteiger partial charge in [0.1, 0.15) is 22.3 Å². The summed E-state index contributed by atoms with van der Waals surface area (Å²) in [6.45, 7) is 0. The van der Waals surface area contributed by atoms with E-state index < -0.39 is 0 Å². The van der Waals surface area contributed by atoms with Gasteiger partial charge in [-0.2, -0.15) is 0 Å². The molecule has 0 unspecified atom stereocenters. The first-order valence-electron chi connectivity index (χ1n) is 19.4. The van der Waals surface area contributed by atoms with Crippen LogP contribution in [0.3, 0.4) is 0 Å². The highest BCUT2D eigenvalue weighted by Crippen LogP contribution is 2.45. The van der Waals surface area contributed by atoms with Crippen LogP contribution < -0.4 is 0 Å². The van der Waals surface area contributed by atoms with Crippen molar-refractivity contribution in [2.75, 3.05) is 0 Å². The van der Waals surface area contributed by atoms with Gasteiger partial charge in [0.2, 0.25) is 0 Å². The largest absolute Gasteiger partial charge is 0.456 e. The lowest BCUT2D eigenvalue weighted by Gasteiger charge is -2.11. The minimum atomic E-state index is 0.581. The van der Waals surface area contributed by atoms with Gasteiger partial charge in [0, 0.05) is 43.8 Å². The van der Waals surface area contributed by atoms with Crippen LogP contribution in [0.1, 0.15) is 0 Å². The molecule has 0 aliphatic carbocycles. The average Bonchev–Trinajstić information content (AvgIpc) is 3.86. The molecule has 0 spiro atoms. The molecule has 0 saturated heterocycles. The summed E-state index contributed by atoms with van der Waals surface area (Å²) in [6.07, 6.45) is 0. The average molecular weight is 742 g/mol. The summed E-state index contributed by atoms with van der Waals surface area (Å²) in [5, 5.41) is 8.63. The molecule has 0 aliphatic heterocycles. The maximum absolute atomic E-state index is 6.81. The van der Waals surface area contributed by atoms with Gasteiger partial charge in [-0.15, -0.1) is 0 Å². The van der Waals surface area contributed by atoms with E-state index in [1.165, 1.54) is 5.39 Å². The first-order chi connectivity index (χ1) is 28.7.